The van der Waals surface area contributed by atoms with E-state index in [1.165, 1.54) is 66.1 Å². The predicted molar refractivity (Wildman–Crippen MR) is 294 cm³/mol. The number of fused-ring (bicyclic) bond motifs is 3. The number of hydrogen-bond acceptors (Lipinski definition) is 1. The van der Waals surface area contributed by atoms with Crippen LogP contribution in [0.3, 0.4) is 0 Å². The third-order valence-electron chi connectivity index (χ3n) is 13.4. The van der Waals surface area contributed by atoms with Crippen molar-refractivity contribution in [3.8, 4) is 77.9 Å². The van der Waals surface area contributed by atoms with Crippen LogP contribution in [0.15, 0.2) is 285 Å². The molecule has 12 rings (SSSR count). The van der Waals surface area contributed by atoms with Gasteiger partial charge in [-0.15, -0.1) is 0 Å². The minimum atomic E-state index is 1.06. The fraction of sp³-hybridized carbons (Fsp3) is 0. The molecule has 0 aliphatic rings. The molecule has 0 spiro atoms. The smallest absolute Gasteiger partial charge is 0.0473 e. The van der Waals surface area contributed by atoms with Gasteiger partial charge in [-0.25, -0.2) is 0 Å². The van der Waals surface area contributed by atoms with Crippen molar-refractivity contribution in [2.45, 2.75) is 0 Å². The average molecular weight is 878 g/mol. The summed E-state index contributed by atoms with van der Waals surface area (Å²) in [5, 5.41) is 4.96. The second-order valence-corrected chi connectivity index (χ2v) is 17.7. The lowest BCUT2D eigenvalue weighted by molar-refractivity contribution is 1.28. The standard InChI is InChI=1S/C68H47N/c1-7-22-48(23-8-1)56-40-57(49-24-9-2-10-25-49)44-61(43-56)69(62-45-58(50-26-11-3-12-27-50)41-59(46-62)51-28-13-4-14-29-51)60-35-21-34-54(42-60)55-38-39-64-63-36-19-20-37-65(63)67(52-30-15-5-16-31-52)68(66(64)47-55)53-32-17-6-18-33-53/h1-47H. The number of anilines is 3. The largest absolute Gasteiger partial charge is 0.310 e. The van der Waals surface area contributed by atoms with Gasteiger partial charge in [-0.1, -0.05) is 231 Å². The van der Waals surface area contributed by atoms with E-state index in [-0.39, 0.29) is 0 Å². The zero-order valence-electron chi connectivity index (χ0n) is 38.1. The van der Waals surface area contributed by atoms with Crippen LogP contribution in [0, 0.1) is 0 Å². The molecule has 0 N–H and O–H groups in total. The van der Waals surface area contributed by atoms with E-state index in [4.69, 9.17) is 0 Å². The summed E-state index contributed by atoms with van der Waals surface area (Å²) in [5.74, 6) is 0. The van der Waals surface area contributed by atoms with Crippen LogP contribution < -0.4 is 4.90 Å². The van der Waals surface area contributed by atoms with E-state index in [9.17, 15) is 0 Å². The summed E-state index contributed by atoms with van der Waals surface area (Å²) in [7, 11) is 0. The molecule has 12 aromatic rings. The van der Waals surface area contributed by atoms with E-state index in [0.717, 1.165) is 50.4 Å². The molecule has 0 atom stereocenters. The highest BCUT2D eigenvalue weighted by atomic mass is 15.1. The Balaban J connectivity index is 1.11. The third kappa shape index (κ3) is 8.18. The molecular weight excluding hydrogens is 831 g/mol. The summed E-state index contributed by atoms with van der Waals surface area (Å²) in [6.07, 6.45) is 0. The Morgan fingerprint density at radius 2 is 0.478 bits per heavy atom. The number of rotatable bonds is 10. The Morgan fingerprint density at radius 1 is 0.159 bits per heavy atom. The van der Waals surface area contributed by atoms with E-state index in [1.807, 2.05) is 0 Å². The first kappa shape index (κ1) is 41.4. The molecule has 0 saturated heterocycles. The Labute approximate surface area is 404 Å². The van der Waals surface area contributed by atoms with Gasteiger partial charge in [0, 0.05) is 17.1 Å². The van der Waals surface area contributed by atoms with Crippen LogP contribution in [0.25, 0.3) is 99.4 Å². The van der Waals surface area contributed by atoms with Gasteiger partial charge < -0.3 is 4.90 Å². The van der Waals surface area contributed by atoms with E-state index in [2.05, 4.69) is 290 Å². The number of hydrogen-bond donors (Lipinski definition) is 0. The molecule has 0 radical (unpaired) electrons. The summed E-state index contributed by atoms with van der Waals surface area (Å²) in [4.78, 5) is 2.46. The van der Waals surface area contributed by atoms with Crippen LogP contribution in [0.2, 0.25) is 0 Å². The van der Waals surface area contributed by atoms with Crippen molar-refractivity contribution in [3.05, 3.63) is 285 Å². The fourth-order valence-electron chi connectivity index (χ4n) is 10.1. The maximum atomic E-state index is 2.46. The van der Waals surface area contributed by atoms with E-state index < -0.39 is 0 Å². The highest BCUT2D eigenvalue weighted by Crippen LogP contribution is 2.47. The predicted octanol–water partition coefficient (Wildman–Crippen LogP) is 19.1. The van der Waals surface area contributed by atoms with Crippen LogP contribution >= 0.6 is 0 Å². The molecule has 0 bridgehead atoms. The molecule has 324 valence electrons. The third-order valence-corrected chi connectivity index (χ3v) is 13.4. The number of nitrogens with zero attached hydrogens (tertiary/aromatic N) is 1. The summed E-state index contributed by atoms with van der Waals surface area (Å²) in [6, 6.07) is 104. The van der Waals surface area contributed by atoms with E-state index in [0.29, 0.717) is 0 Å². The van der Waals surface area contributed by atoms with Crippen LogP contribution in [-0.4, -0.2) is 0 Å². The van der Waals surface area contributed by atoms with Crippen LogP contribution in [0.1, 0.15) is 0 Å². The Hall–Kier alpha value is -9.04. The molecule has 0 saturated carbocycles. The topological polar surface area (TPSA) is 3.24 Å². The molecule has 1 heteroatoms. The molecule has 69 heavy (non-hydrogen) atoms. The lowest BCUT2D eigenvalue weighted by atomic mass is 9.84. The second kappa shape index (κ2) is 18.3. The quantitative estimate of drug-likeness (QED) is 0.124. The van der Waals surface area contributed by atoms with Crippen molar-refractivity contribution < 1.29 is 0 Å². The monoisotopic (exact) mass is 877 g/mol. The van der Waals surface area contributed by atoms with Crippen LogP contribution in [0.5, 0.6) is 0 Å². The van der Waals surface area contributed by atoms with Crippen molar-refractivity contribution in [2.75, 3.05) is 4.90 Å². The Morgan fingerprint density at radius 3 is 0.913 bits per heavy atom. The normalized spacial score (nSPS) is 11.2. The second-order valence-electron chi connectivity index (χ2n) is 17.7. The van der Waals surface area contributed by atoms with Gasteiger partial charge >= 0.3 is 0 Å². The lowest BCUT2D eigenvalue weighted by Gasteiger charge is -2.28. The molecule has 0 amide bonds. The molecule has 0 fully saturated rings. The average Bonchev–Trinajstić information content (AvgIpc) is 3.44. The van der Waals surface area contributed by atoms with Crippen LogP contribution in [-0.2, 0) is 0 Å². The Kier molecular flexibility index (Phi) is 11.0. The minimum Gasteiger partial charge on any atom is -0.310 e. The first-order valence-electron chi connectivity index (χ1n) is 23.7. The molecular formula is C68H47N. The van der Waals surface area contributed by atoms with Gasteiger partial charge in [0.1, 0.15) is 0 Å². The van der Waals surface area contributed by atoms with Crippen molar-refractivity contribution >= 4 is 38.6 Å². The molecule has 12 aromatic carbocycles. The first-order chi connectivity index (χ1) is 34.2. The van der Waals surface area contributed by atoms with Gasteiger partial charge in [0.15, 0.2) is 0 Å². The summed E-state index contributed by atoms with van der Waals surface area (Å²) in [6.45, 7) is 0. The lowest BCUT2D eigenvalue weighted by Crippen LogP contribution is -2.11. The zero-order valence-corrected chi connectivity index (χ0v) is 38.1. The summed E-state index contributed by atoms with van der Waals surface area (Å²) < 4.78 is 0. The zero-order chi connectivity index (χ0) is 45.9. The van der Waals surface area contributed by atoms with Gasteiger partial charge in [-0.3, -0.25) is 0 Å². The fourth-order valence-corrected chi connectivity index (χ4v) is 10.1. The van der Waals surface area contributed by atoms with E-state index >= 15 is 0 Å². The van der Waals surface area contributed by atoms with E-state index in [1.54, 1.807) is 0 Å². The molecule has 1 nitrogen and oxygen atoms in total. The molecule has 0 aliphatic heterocycles. The SMILES string of the molecule is c1ccc(-c2cc(-c3ccccc3)cc(N(c3cccc(-c4ccc5c(c4)c(-c4ccccc4)c(-c4ccccc4)c4ccccc45)c3)c3cc(-c4ccccc4)cc(-c4ccccc4)c3)c2)cc1. The maximum absolute atomic E-state index is 2.46. The van der Waals surface area contributed by atoms with Crippen molar-refractivity contribution in [1.82, 2.24) is 0 Å². The first-order valence-corrected chi connectivity index (χ1v) is 23.7. The maximum Gasteiger partial charge on any atom is 0.0473 e. The minimum absolute atomic E-state index is 1.06. The molecule has 0 heterocycles. The van der Waals surface area contributed by atoms with Gasteiger partial charge in [0.25, 0.3) is 0 Å². The highest BCUT2D eigenvalue weighted by molar-refractivity contribution is 6.22. The molecule has 0 aliphatic carbocycles. The van der Waals surface area contributed by atoms with Gasteiger partial charge in [0.05, 0.1) is 0 Å². The van der Waals surface area contributed by atoms with Crippen molar-refractivity contribution in [1.29, 1.82) is 0 Å². The van der Waals surface area contributed by atoms with Gasteiger partial charge in [0.2, 0.25) is 0 Å². The van der Waals surface area contributed by atoms with Crippen LogP contribution in [0.4, 0.5) is 17.1 Å². The molecule has 0 aromatic heterocycles. The number of benzene rings is 12. The van der Waals surface area contributed by atoms with Gasteiger partial charge in [-0.2, -0.15) is 0 Å². The summed E-state index contributed by atoms with van der Waals surface area (Å²) >= 11 is 0. The van der Waals surface area contributed by atoms with Gasteiger partial charge in [-0.05, 0) is 154 Å². The summed E-state index contributed by atoms with van der Waals surface area (Å²) in [5.41, 5.74) is 19.7. The Bertz CT molecular complexity index is 3490. The van der Waals surface area contributed by atoms with Crippen molar-refractivity contribution in [3.63, 3.8) is 0 Å². The molecule has 0 unspecified atom stereocenters. The van der Waals surface area contributed by atoms with Crippen molar-refractivity contribution in [2.24, 2.45) is 0 Å². The highest BCUT2D eigenvalue weighted by Gasteiger charge is 2.21.